The summed E-state index contributed by atoms with van der Waals surface area (Å²) >= 11 is 5.81. The number of halogens is 2. The zero-order valence-electron chi connectivity index (χ0n) is 12.7. The molecule has 0 atom stereocenters. The third-order valence-corrected chi connectivity index (χ3v) is 5.98. The summed E-state index contributed by atoms with van der Waals surface area (Å²) in [6.45, 7) is 0.965. The second kappa shape index (κ2) is 8.08. The minimum atomic E-state index is -3.41. The van der Waals surface area contributed by atoms with Gasteiger partial charge in [0.25, 0.3) is 5.91 Å². The van der Waals surface area contributed by atoms with Crippen LogP contribution >= 0.6 is 11.6 Å². The van der Waals surface area contributed by atoms with Crippen molar-refractivity contribution in [3.05, 3.63) is 34.6 Å². The van der Waals surface area contributed by atoms with E-state index in [1.807, 2.05) is 0 Å². The SMILES string of the molecule is O=C(NCCS(=O)(=O)N1CCCCCC1)c1c(F)cccc1Cl. The molecule has 1 aromatic rings. The maximum atomic E-state index is 13.6. The van der Waals surface area contributed by atoms with Gasteiger partial charge >= 0.3 is 0 Å². The third kappa shape index (κ3) is 4.89. The molecule has 128 valence electrons. The van der Waals surface area contributed by atoms with Crippen LogP contribution in [-0.4, -0.2) is 44.0 Å². The molecular formula is C15H20ClFN2O3S. The van der Waals surface area contributed by atoms with Gasteiger partial charge < -0.3 is 5.32 Å². The maximum absolute atomic E-state index is 13.6. The number of hydrogen-bond acceptors (Lipinski definition) is 3. The molecule has 1 heterocycles. The Bertz CT molecular complexity index is 638. The van der Waals surface area contributed by atoms with Crippen molar-refractivity contribution in [3.63, 3.8) is 0 Å². The van der Waals surface area contributed by atoms with Gasteiger partial charge in [-0.2, -0.15) is 0 Å². The summed E-state index contributed by atoms with van der Waals surface area (Å²) < 4.78 is 39.6. The predicted molar refractivity (Wildman–Crippen MR) is 87.6 cm³/mol. The van der Waals surface area contributed by atoms with Gasteiger partial charge in [-0.05, 0) is 25.0 Å². The Morgan fingerprint density at radius 3 is 2.48 bits per heavy atom. The summed E-state index contributed by atoms with van der Waals surface area (Å²) in [5, 5.41) is 2.42. The van der Waals surface area contributed by atoms with Crippen molar-refractivity contribution in [2.24, 2.45) is 0 Å². The average molecular weight is 363 g/mol. The quantitative estimate of drug-likeness (QED) is 0.874. The fraction of sp³-hybridized carbons (Fsp3) is 0.533. The van der Waals surface area contributed by atoms with E-state index in [0.29, 0.717) is 13.1 Å². The maximum Gasteiger partial charge on any atom is 0.255 e. The molecule has 1 N–H and O–H groups in total. The Balaban J connectivity index is 1.92. The topological polar surface area (TPSA) is 66.5 Å². The van der Waals surface area contributed by atoms with Crippen molar-refractivity contribution >= 4 is 27.5 Å². The van der Waals surface area contributed by atoms with Crippen LogP contribution < -0.4 is 5.32 Å². The van der Waals surface area contributed by atoms with Crippen molar-refractivity contribution in [1.29, 1.82) is 0 Å². The van der Waals surface area contributed by atoms with Gasteiger partial charge in [0.05, 0.1) is 16.3 Å². The normalized spacial score (nSPS) is 16.8. The number of carbonyl (C=O) groups is 1. The van der Waals surface area contributed by atoms with Crippen molar-refractivity contribution in [3.8, 4) is 0 Å². The molecule has 1 aliphatic rings. The molecule has 0 aliphatic carbocycles. The number of carbonyl (C=O) groups excluding carboxylic acids is 1. The highest BCUT2D eigenvalue weighted by Crippen LogP contribution is 2.18. The highest BCUT2D eigenvalue weighted by Gasteiger charge is 2.23. The van der Waals surface area contributed by atoms with Crippen LogP contribution in [0.4, 0.5) is 4.39 Å². The highest BCUT2D eigenvalue weighted by molar-refractivity contribution is 7.89. The van der Waals surface area contributed by atoms with E-state index >= 15 is 0 Å². The summed E-state index contributed by atoms with van der Waals surface area (Å²) in [4.78, 5) is 12.0. The van der Waals surface area contributed by atoms with Crippen LogP contribution in [0.3, 0.4) is 0 Å². The lowest BCUT2D eigenvalue weighted by Gasteiger charge is -2.20. The number of sulfonamides is 1. The standard InChI is InChI=1S/C15H20ClFN2O3S/c16-12-6-5-7-13(17)14(12)15(20)18-8-11-23(21,22)19-9-3-1-2-4-10-19/h5-7H,1-4,8-11H2,(H,18,20). The molecule has 0 aromatic heterocycles. The van der Waals surface area contributed by atoms with E-state index in [0.717, 1.165) is 31.7 Å². The molecule has 1 aliphatic heterocycles. The van der Waals surface area contributed by atoms with Crippen LogP contribution in [0, 0.1) is 5.82 Å². The van der Waals surface area contributed by atoms with E-state index in [9.17, 15) is 17.6 Å². The molecule has 0 saturated carbocycles. The number of nitrogens with one attached hydrogen (secondary N) is 1. The minimum absolute atomic E-state index is 0.00197. The molecule has 8 heteroatoms. The molecule has 1 amide bonds. The van der Waals surface area contributed by atoms with Crippen molar-refractivity contribution in [1.82, 2.24) is 9.62 Å². The van der Waals surface area contributed by atoms with Crippen molar-refractivity contribution < 1.29 is 17.6 Å². The van der Waals surface area contributed by atoms with Crippen LogP contribution in [0.2, 0.25) is 5.02 Å². The molecule has 0 bridgehead atoms. The minimum Gasteiger partial charge on any atom is -0.351 e. The van der Waals surface area contributed by atoms with E-state index in [-0.39, 0.29) is 22.9 Å². The first-order chi connectivity index (χ1) is 10.9. The van der Waals surface area contributed by atoms with Gasteiger partial charge in [-0.25, -0.2) is 17.1 Å². The first kappa shape index (κ1) is 18.2. The molecule has 2 rings (SSSR count). The van der Waals surface area contributed by atoms with E-state index in [2.05, 4.69) is 5.32 Å². The average Bonchev–Trinajstić information content (AvgIpc) is 2.76. The number of benzene rings is 1. The lowest BCUT2D eigenvalue weighted by molar-refractivity contribution is 0.0952. The molecular weight excluding hydrogens is 343 g/mol. The Labute approximate surface area is 140 Å². The van der Waals surface area contributed by atoms with Crippen LogP contribution in [0.25, 0.3) is 0 Å². The molecule has 0 radical (unpaired) electrons. The molecule has 1 saturated heterocycles. The van der Waals surface area contributed by atoms with Gasteiger partial charge in [-0.3, -0.25) is 4.79 Å². The zero-order valence-corrected chi connectivity index (χ0v) is 14.3. The Kier molecular flexibility index (Phi) is 6.38. The lowest BCUT2D eigenvalue weighted by Crippen LogP contribution is -2.38. The second-order valence-corrected chi connectivity index (χ2v) is 7.98. The summed E-state index contributed by atoms with van der Waals surface area (Å²) in [5.74, 6) is -1.64. The monoisotopic (exact) mass is 362 g/mol. The smallest absolute Gasteiger partial charge is 0.255 e. The summed E-state index contributed by atoms with van der Waals surface area (Å²) in [6, 6.07) is 3.94. The third-order valence-electron chi connectivity index (χ3n) is 3.79. The first-order valence-corrected chi connectivity index (χ1v) is 9.60. The Morgan fingerprint density at radius 2 is 1.87 bits per heavy atom. The van der Waals surface area contributed by atoms with Crippen LogP contribution in [0.1, 0.15) is 36.0 Å². The highest BCUT2D eigenvalue weighted by atomic mass is 35.5. The zero-order chi connectivity index (χ0) is 16.9. The number of amides is 1. The largest absolute Gasteiger partial charge is 0.351 e. The van der Waals surface area contributed by atoms with Gasteiger partial charge in [0, 0.05) is 19.6 Å². The molecule has 1 fully saturated rings. The van der Waals surface area contributed by atoms with Crippen molar-refractivity contribution in [2.45, 2.75) is 25.7 Å². The van der Waals surface area contributed by atoms with Gasteiger partial charge in [0.2, 0.25) is 10.0 Å². The molecule has 0 spiro atoms. The van der Waals surface area contributed by atoms with E-state index in [4.69, 9.17) is 11.6 Å². The fourth-order valence-electron chi connectivity index (χ4n) is 2.55. The Hall–Kier alpha value is -1.18. The molecule has 5 nitrogen and oxygen atoms in total. The molecule has 0 unspecified atom stereocenters. The lowest BCUT2D eigenvalue weighted by atomic mass is 10.2. The van der Waals surface area contributed by atoms with Gasteiger partial charge in [0.1, 0.15) is 5.82 Å². The molecule has 1 aromatic carbocycles. The number of rotatable bonds is 5. The molecule has 23 heavy (non-hydrogen) atoms. The summed E-state index contributed by atoms with van der Waals surface area (Å²) in [7, 11) is -3.41. The van der Waals surface area contributed by atoms with Crippen LogP contribution in [0.15, 0.2) is 18.2 Å². The van der Waals surface area contributed by atoms with E-state index in [1.165, 1.54) is 16.4 Å². The Morgan fingerprint density at radius 1 is 1.22 bits per heavy atom. The fourth-order valence-corrected chi connectivity index (χ4v) is 4.23. The summed E-state index contributed by atoms with van der Waals surface area (Å²) in [6.07, 6.45) is 3.79. The van der Waals surface area contributed by atoms with Crippen molar-refractivity contribution in [2.75, 3.05) is 25.4 Å². The van der Waals surface area contributed by atoms with E-state index in [1.54, 1.807) is 0 Å². The number of hydrogen-bond donors (Lipinski definition) is 1. The number of nitrogens with zero attached hydrogens (tertiary/aromatic N) is 1. The van der Waals surface area contributed by atoms with Crippen LogP contribution in [0.5, 0.6) is 0 Å². The predicted octanol–water partition coefficient (Wildman–Crippen LogP) is 2.41. The van der Waals surface area contributed by atoms with Gasteiger partial charge in [0.15, 0.2) is 0 Å². The second-order valence-electron chi connectivity index (χ2n) is 5.48. The van der Waals surface area contributed by atoms with Gasteiger partial charge in [-0.15, -0.1) is 0 Å². The van der Waals surface area contributed by atoms with Crippen LogP contribution in [-0.2, 0) is 10.0 Å². The summed E-state index contributed by atoms with van der Waals surface area (Å²) in [5.41, 5.74) is -0.263. The van der Waals surface area contributed by atoms with Gasteiger partial charge in [-0.1, -0.05) is 30.5 Å². The first-order valence-electron chi connectivity index (χ1n) is 7.62. The van der Waals surface area contributed by atoms with E-state index < -0.39 is 21.7 Å².